The third-order valence-electron chi connectivity index (χ3n) is 3.97. The van der Waals surface area contributed by atoms with Gasteiger partial charge in [-0.2, -0.15) is 0 Å². The fourth-order valence-electron chi connectivity index (χ4n) is 2.82. The fourth-order valence-corrected chi connectivity index (χ4v) is 2.82. The van der Waals surface area contributed by atoms with E-state index in [0.29, 0.717) is 5.95 Å². The molecule has 0 aliphatic carbocycles. The monoisotopic (exact) mass is 281 g/mol. The largest absolute Gasteiger partial charge is 0.335 e. The van der Waals surface area contributed by atoms with Crippen LogP contribution < -0.4 is 5.32 Å². The first-order valence-electron chi connectivity index (χ1n) is 7.04. The molecule has 2 aromatic heterocycles. The second-order valence-corrected chi connectivity index (χ2v) is 5.36. The third-order valence-corrected chi connectivity index (χ3v) is 3.97. The number of hydrogen-bond donors (Lipinski definition) is 2. The lowest BCUT2D eigenvalue weighted by Crippen LogP contribution is -2.30. The molecule has 4 rings (SSSR count). The van der Waals surface area contributed by atoms with Gasteiger partial charge in [0.25, 0.3) is 0 Å². The molecule has 2 N–H and O–H groups in total. The Morgan fingerprint density at radius 2 is 2.29 bits per heavy atom. The summed E-state index contributed by atoms with van der Waals surface area (Å²) < 4.78 is 2.10. The first-order chi connectivity index (χ1) is 10.3. The van der Waals surface area contributed by atoms with Crippen LogP contribution in [-0.4, -0.2) is 25.4 Å². The van der Waals surface area contributed by atoms with E-state index in [4.69, 9.17) is 0 Å². The van der Waals surface area contributed by atoms with Crippen LogP contribution in [0.2, 0.25) is 0 Å². The molecular weight excluding hydrogens is 266 g/mol. The molecule has 0 saturated heterocycles. The van der Waals surface area contributed by atoms with Crippen LogP contribution in [0.1, 0.15) is 12.1 Å². The fraction of sp³-hybridized carbons (Fsp3) is 0.267. The first kappa shape index (κ1) is 12.1. The molecule has 1 aliphatic heterocycles. The van der Waals surface area contributed by atoms with Crippen LogP contribution >= 0.6 is 0 Å². The average molecular weight is 281 g/mol. The Bertz CT molecular complexity index is 770. The molecule has 0 radical (unpaired) electrons. The Balaban J connectivity index is 1.51. The van der Waals surface area contributed by atoms with Crippen molar-refractivity contribution >= 4 is 22.9 Å². The highest BCUT2D eigenvalue weighted by Gasteiger charge is 2.25. The number of carbonyl (C=O) groups is 1. The number of rotatable bonds is 2. The molecule has 106 valence electrons. The van der Waals surface area contributed by atoms with E-state index < -0.39 is 0 Å². The quantitative estimate of drug-likeness (QED) is 0.754. The maximum Gasteiger partial charge on any atom is 0.230 e. The lowest BCUT2D eigenvalue weighted by Gasteiger charge is -2.22. The number of hydrogen-bond acceptors (Lipinski definition) is 3. The standard InChI is InChI=1S/C15H15N5O/c21-14(10-5-6-20-9-16-8-11(20)7-10)19-15-17-12-3-1-2-4-13(12)18-15/h1-4,8-10H,5-7H2,(H2,17,18,19,21). The average Bonchev–Trinajstić information content (AvgIpc) is 3.11. The molecule has 21 heavy (non-hydrogen) atoms. The van der Waals surface area contributed by atoms with Crippen LogP contribution in [0.25, 0.3) is 11.0 Å². The van der Waals surface area contributed by atoms with E-state index in [1.165, 1.54) is 0 Å². The normalized spacial score (nSPS) is 17.6. The highest BCUT2D eigenvalue weighted by atomic mass is 16.2. The number of anilines is 1. The van der Waals surface area contributed by atoms with Crippen LogP contribution in [0.4, 0.5) is 5.95 Å². The van der Waals surface area contributed by atoms with Gasteiger partial charge in [-0.1, -0.05) is 12.1 Å². The number of fused-ring (bicyclic) bond motifs is 2. The molecule has 6 heteroatoms. The van der Waals surface area contributed by atoms with Gasteiger partial charge >= 0.3 is 0 Å². The Morgan fingerprint density at radius 1 is 1.38 bits per heavy atom. The van der Waals surface area contributed by atoms with Crippen molar-refractivity contribution in [3.05, 3.63) is 42.5 Å². The Kier molecular flexibility index (Phi) is 2.73. The highest BCUT2D eigenvalue weighted by Crippen LogP contribution is 2.21. The van der Waals surface area contributed by atoms with Crippen molar-refractivity contribution < 1.29 is 4.79 Å². The van der Waals surface area contributed by atoms with E-state index in [-0.39, 0.29) is 11.8 Å². The molecule has 0 saturated carbocycles. The van der Waals surface area contributed by atoms with Gasteiger partial charge in [0, 0.05) is 30.8 Å². The molecule has 0 spiro atoms. The minimum absolute atomic E-state index is 0.0153. The molecule has 1 amide bonds. The van der Waals surface area contributed by atoms with Gasteiger partial charge in [-0.25, -0.2) is 9.97 Å². The third kappa shape index (κ3) is 2.18. The summed E-state index contributed by atoms with van der Waals surface area (Å²) in [5.41, 5.74) is 2.90. The van der Waals surface area contributed by atoms with Gasteiger partial charge in [0.1, 0.15) is 0 Å². The van der Waals surface area contributed by atoms with Gasteiger partial charge in [-0.15, -0.1) is 0 Å². The van der Waals surface area contributed by atoms with Gasteiger partial charge in [-0.05, 0) is 18.6 Å². The number of imidazole rings is 2. The zero-order valence-corrected chi connectivity index (χ0v) is 11.4. The lowest BCUT2D eigenvalue weighted by molar-refractivity contribution is -0.120. The summed E-state index contributed by atoms with van der Waals surface area (Å²) in [5, 5.41) is 2.89. The van der Waals surface area contributed by atoms with Crippen molar-refractivity contribution in [3.63, 3.8) is 0 Å². The van der Waals surface area contributed by atoms with Crippen molar-refractivity contribution in [1.82, 2.24) is 19.5 Å². The molecule has 6 nitrogen and oxygen atoms in total. The molecule has 0 fully saturated rings. The maximum absolute atomic E-state index is 12.4. The van der Waals surface area contributed by atoms with Gasteiger partial charge in [-0.3, -0.25) is 10.1 Å². The summed E-state index contributed by atoms with van der Waals surface area (Å²) in [6.07, 6.45) is 5.21. The summed E-state index contributed by atoms with van der Waals surface area (Å²) in [4.78, 5) is 24.0. The van der Waals surface area contributed by atoms with Crippen molar-refractivity contribution in [1.29, 1.82) is 0 Å². The second-order valence-electron chi connectivity index (χ2n) is 5.36. The highest BCUT2D eigenvalue weighted by molar-refractivity contribution is 5.92. The van der Waals surface area contributed by atoms with E-state index in [2.05, 4.69) is 24.8 Å². The molecule has 3 aromatic rings. The number of benzene rings is 1. The zero-order valence-electron chi connectivity index (χ0n) is 11.4. The smallest absolute Gasteiger partial charge is 0.230 e. The number of carbonyl (C=O) groups excluding carboxylic acids is 1. The summed E-state index contributed by atoms with van der Waals surface area (Å²) in [5.74, 6) is 0.504. The topological polar surface area (TPSA) is 75.6 Å². The van der Waals surface area contributed by atoms with Crippen molar-refractivity contribution in [2.45, 2.75) is 19.4 Å². The summed E-state index contributed by atoms with van der Waals surface area (Å²) in [6.45, 7) is 0.841. The van der Waals surface area contributed by atoms with Crippen molar-refractivity contribution in [2.75, 3.05) is 5.32 Å². The van der Waals surface area contributed by atoms with E-state index in [9.17, 15) is 4.79 Å². The van der Waals surface area contributed by atoms with E-state index in [0.717, 1.165) is 36.1 Å². The number of H-pyrrole nitrogens is 1. The first-order valence-corrected chi connectivity index (χ1v) is 7.04. The molecule has 0 bridgehead atoms. The Hall–Kier alpha value is -2.63. The number of nitrogens with one attached hydrogen (secondary N) is 2. The second kappa shape index (κ2) is 4.73. The summed E-state index contributed by atoms with van der Waals surface area (Å²) in [7, 11) is 0. The number of amides is 1. The van der Waals surface area contributed by atoms with Crippen LogP contribution in [0.5, 0.6) is 0 Å². The number of aromatic amines is 1. The molecule has 1 atom stereocenters. The van der Waals surface area contributed by atoms with Gasteiger partial charge < -0.3 is 9.55 Å². The zero-order chi connectivity index (χ0) is 14.2. The van der Waals surface area contributed by atoms with Crippen molar-refractivity contribution in [2.24, 2.45) is 5.92 Å². The lowest BCUT2D eigenvalue weighted by atomic mass is 9.95. The Morgan fingerprint density at radius 3 is 3.19 bits per heavy atom. The predicted molar refractivity (Wildman–Crippen MR) is 78.8 cm³/mol. The minimum atomic E-state index is -0.0255. The predicted octanol–water partition coefficient (Wildman–Crippen LogP) is 1.96. The van der Waals surface area contributed by atoms with Crippen LogP contribution in [0, 0.1) is 5.92 Å². The van der Waals surface area contributed by atoms with Gasteiger partial charge in [0.15, 0.2) is 0 Å². The number of aromatic nitrogens is 4. The molecule has 1 aliphatic rings. The van der Waals surface area contributed by atoms with Crippen LogP contribution in [-0.2, 0) is 17.8 Å². The number of para-hydroxylation sites is 2. The molecular formula is C15H15N5O. The number of nitrogens with zero attached hydrogens (tertiary/aromatic N) is 3. The van der Waals surface area contributed by atoms with E-state index in [1.807, 2.05) is 36.8 Å². The minimum Gasteiger partial charge on any atom is -0.335 e. The number of aryl methyl sites for hydroxylation is 1. The van der Waals surface area contributed by atoms with Crippen LogP contribution in [0.15, 0.2) is 36.8 Å². The summed E-state index contributed by atoms with van der Waals surface area (Å²) >= 11 is 0. The Labute approximate surface area is 121 Å². The van der Waals surface area contributed by atoms with Crippen molar-refractivity contribution in [3.8, 4) is 0 Å². The molecule has 1 aromatic carbocycles. The van der Waals surface area contributed by atoms with E-state index >= 15 is 0 Å². The van der Waals surface area contributed by atoms with E-state index in [1.54, 1.807) is 0 Å². The molecule has 1 unspecified atom stereocenters. The summed E-state index contributed by atoms with van der Waals surface area (Å²) in [6, 6.07) is 7.73. The van der Waals surface area contributed by atoms with Crippen LogP contribution in [0.3, 0.4) is 0 Å². The SMILES string of the molecule is O=C(Nc1nc2ccccc2[nH]1)C1CCn2cncc2C1. The molecule has 3 heterocycles. The maximum atomic E-state index is 12.4. The van der Waals surface area contributed by atoms with Gasteiger partial charge in [0.05, 0.1) is 17.4 Å². The van der Waals surface area contributed by atoms with Gasteiger partial charge in [0.2, 0.25) is 11.9 Å².